The molecule has 26 heavy (non-hydrogen) atoms. The first-order chi connectivity index (χ1) is 12.5. The largest absolute Gasteiger partial charge is 0.497 e. The molecule has 0 saturated heterocycles. The zero-order valence-electron chi connectivity index (χ0n) is 14.5. The number of carbonyl (C=O) groups is 3. The van der Waals surface area contributed by atoms with Gasteiger partial charge in [-0.3, -0.25) is 9.59 Å². The summed E-state index contributed by atoms with van der Waals surface area (Å²) >= 11 is 0. The maximum absolute atomic E-state index is 12.0. The summed E-state index contributed by atoms with van der Waals surface area (Å²) in [6, 6.07) is 11.6. The van der Waals surface area contributed by atoms with Crippen LogP contribution < -0.4 is 10.1 Å². The molecule has 2 aromatic rings. The zero-order chi connectivity index (χ0) is 18.9. The van der Waals surface area contributed by atoms with Crippen LogP contribution in [0.1, 0.15) is 10.5 Å². The molecule has 0 bridgehead atoms. The lowest BCUT2D eigenvalue weighted by Gasteiger charge is -2.17. The Kier molecular flexibility index (Phi) is 6.67. The van der Waals surface area contributed by atoms with Gasteiger partial charge in [-0.25, -0.2) is 9.78 Å². The number of hydrogen-bond acceptors (Lipinski definition) is 6. The molecule has 8 nitrogen and oxygen atoms in total. The van der Waals surface area contributed by atoms with Gasteiger partial charge >= 0.3 is 5.97 Å². The van der Waals surface area contributed by atoms with Gasteiger partial charge in [-0.1, -0.05) is 12.1 Å². The van der Waals surface area contributed by atoms with Gasteiger partial charge in [0.1, 0.15) is 11.4 Å². The number of esters is 1. The van der Waals surface area contributed by atoms with E-state index >= 15 is 0 Å². The smallest absolute Gasteiger partial charge is 0.357 e. The van der Waals surface area contributed by atoms with E-state index in [9.17, 15) is 14.4 Å². The van der Waals surface area contributed by atoms with E-state index in [1.807, 2.05) is 0 Å². The summed E-state index contributed by atoms with van der Waals surface area (Å²) < 4.78 is 9.98. The number of carbonyl (C=O) groups excluding carboxylic acids is 3. The molecular weight excluding hydrogens is 338 g/mol. The Bertz CT molecular complexity index is 779. The second kappa shape index (κ2) is 9.16. The lowest BCUT2D eigenvalue weighted by Crippen LogP contribution is -2.37. The third-order valence-corrected chi connectivity index (χ3v) is 3.36. The van der Waals surface area contributed by atoms with Crippen LogP contribution in [0.3, 0.4) is 0 Å². The highest BCUT2D eigenvalue weighted by Crippen LogP contribution is 2.16. The van der Waals surface area contributed by atoms with Crippen molar-refractivity contribution >= 4 is 23.5 Å². The topological polar surface area (TPSA) is 97.8 Å². The monoisotopic (exact) mass is 357 g/mol. The number of hydrogen-bond donors (Lipinski definition) is 1. The van der Waals surface area contributed by atoms with Crippen LogP contribution in [-0.4, -0.2) is 55.0 Å². The van der Waals surface area contributed by atoms with Crippen LogP contribution in [0.4, 0.5) is 5.69 Å². The predicted octanol–water partition coefficient (Wildman–Crippen LogP) is 1.34. The van der Waals surface area contributed by atoms with Gasteiger partial charge in [0.25, 0.3) is 5.91 Å². The molecule has 0 spiro atoms. The highest BCUT2D eigenvalue weighted by Gasteiger charge is 2.16. The fourth-order valence-corrected chi connectivity index (χ4v) is 2.00. The average Bonchev–Trinajstić information content (AvgIpc) is 2.66. The normalized spacial score (nSPS) is 9.92. The van der Waals surface area contributed by atoms with Crippen molar-refractivity contribution in [2.45, 2.75) is 0 Å². The molecule has 0 aliphatic carbocycles. The van der Waals surface area contributed by atoms with Gasteiger partial charge < -0.3 is 19.7 Å². The molecule has 0 radical (unpaired) electrons. The summed E-state index contributed by atoms with van der Waals surface area (Å²) in [7, 11) is 2.97. The molecular formula is C18H19N3O5. The number of benzene rings is 1. The predicted molar refractivity (Wildman–Crippen MR) is 93.8 cm³/mol. The maximum Gasteiger partial charge on any atom is 0.357 e. The third kappa shape index (κ3) is 5.59. The first-order valence-electron chi connectivity index (χ1n) is 7.75. The van der Waals surface area contributed by atoms with Crippen molar-refractivity contribution in [3.8, 4) is 5.75 Å². The second-order valence-electron chi connectivity index (χ2n) is 5.32. The Morgan fingerprint density at radius 3 is 2.65 bits per heavy atom. The summed E-state index contributed by atoms with van der Waals surface area (Å²) in [5, 5.41) is 2.66. The van der Waals surface area contributed by atoms with Crippen LogP contribution in [0, 0.1) is 0 Å². The molecule has 0 aliphatic heterocycles. The van der Waals surface area contributed by atoms with Gasteiger partial charge in [0.15, 0.2) is 6.61 Å². The molecule has 8 heteroatoms. The lowest BCUT2D eigenvalue weighted by atomic mass is 10.3. The third-order valence-electron chi connectivity index (χ3n) is 3.36. The Morgan fingerprint density at radius 1 is 1.15 bits per heavy atom. The highest BCUT2D eigenvalue weighted by molar-refractivity contribution is 5.95. The maximum atomic E-state index is 12.0. The first-order valence-corrected chi connectivity index (χ1v) is 7.75. The fraction of sp³-hybridized carbons (Fsp3) is 0.222. The van der Waals surface area contributed by atoms with Crippen LogP contribution in [0.2, 0.25) is 0 Å². The highest BCUT2D eigenvalue weighted by atomic mass is 16.5. The zero-order valence-corrected chi connectivity index (χ0v) is 14.5. The summed E-state index contributed by atoms with van der Waals surface area (Å²) in [6.07, 6.45) is 1.45. The van der Waals surface area contributed by atoms with Crippen molar-refractivity contribution in [3.63, 3.8) is 0 Å². The van der Waals surface area contributed by atoms with E-state index in [1.165, 1.54) is 31.3 Å². The number of likely N-dealkylation sites (N-methyl/N-ethyl adjacent to an activating group) is 1. The van der Waals surface area contributed by atoms with Gasteiger partial charge in [-0.05, 0) is 24.3 Å². The van der Waals surface area contributed by atoms with Crippen LogP contribution in [0.15, 0.2) is 48.7 Å². The van der Waals surface area contributed by atoms with Crippen LogP contribution in [0.25, 0.3) is 0 Å². The molecule has 0 fully saturated rings. The van der Waals surface area contributed by atoms with E-state index in [0.717, 1.165) is 0 Å². The number of pyridine rings is 1. The number of amides is 2. The quantitative estimate of drug-likeness (QED) is 0.751. The van der Waals surface area contributed by atoms with Crippen LogP contribution in [-0.2, 0) is 14.3 Å². The molecule has 1 N–H and O–H groups in total. The molecule has 0 atom stereocenters. The molecule has 0 aliphatic rings. The van der Waals surface area contributed by atoms with E-state index in [4.69, 9.17) is 9.47 Å². The van der Waals surface area contributed by atoms with Crippen molar-refractivity contribution in [2.75, 3.05) is 32.6 Å². The molecule has 1 aromatic carbocycles. The number of methoxy groups -OCH3 is 1. The van der Waals surface area contributed by atoms with E-state index in [0.29, 0.717) is 11.4 Å². The van der Waals surface area contributed by atoms with Crippen LogP contribution >= 0.6 is 0 Å². The molecule has 1 aromatic heterocycles. The van der Waals surface area contributed by atoms with Crippen molar-refractivity contribution in [1.82, 2.24) is 9.88 Å². The summed E-state index contributed by atoms with van der Waals surface area (Å²) in [5.74, 6) is -0.984. The van der Waals surface area contributed by atoms with Crippen LogP contribution in [0.5, 0.6) is 5.75 Å². The lowest BCUT2D eigenvalue weighted by molar-refractivity contribution is -0.136. The standard InChI is InChI=1S/C18H19N3O5/c1-21(11-16(22)20-13-6-5-7-14(10-13)25-2)17(23)12-26-18(24)15-8-3-4-9-19-15/h3-10H,11-12H2,1-2H3,(H,20,22). The molecule has 0 unspecified atom stereocenters. The Morgan fingerprint density at radius 2 is 1.96 bits per heavy atom. The Hall–Kier alpha value is -3.42. The number of aromatic nitrogens is 1. The summed E-state index contributed by atoms with van der Waals surface area (Å²) in [6.45, 7) is -0.657. The average molecular weight is 357 g/mol. The first kappa shape index (κ1) is 18.9. The number of nitrogens with one attached hydrogen (secondary N) is 1. The molecule has 2 rings (SSSR count). The van der Waals surface area contributed by atoms with Gasteiger partial charge in [0, 0.05) is 25.0 Å². The number of anilines is 1. The van der Waals surface area contributed by atoms with Crippen molar-refractivity contribution < 1.29 is 23.9 Å². The van der Waals surface area contributed by atoms with Crippen molar-refractivity contribution in [3.05, 3.63) is 54.4 Å². The molecule has 2 amide bonds. The van der Waals surface area contributed by atoms with Gasteiger partial charge in [0.2, 0.25) is 5.91 Å². The SMILES string of the molecule is COc1cccc(NC(=O)CN(C)C(=O)COC(=O)c2ccccn2)c1. The minimum Gasteiger partial charge on any atom is -0.497 e. The summed E-state index contributed by atoms with van der Waals surface area (Å²) in [4.78, 5) is 40.8. The van der Waals surface area contributed by atoms with E-state index in [-0.39, 0.29) is 18.1 Å². The Balaban J connectivity index is 1.80. The minimum atomic E-state index is -0.701. The van der Waals surface area contributed by atoms with E-state index in [2.05, 4.69) is 10.3 Å². The number of ether oxygens (including phenoxy) is 2. The van der Waals surface area contributed by atoms with E-state index in [1.54, 1.807) is 36.4 Å². The van der Waals surface area contributed by atoms with E-state index < -0.39 is 18.5 Å². The van der Waals surface area contributed by atoms with Crippen molar-refractivity contribution in [2.24, 2.45) is 0 Å². The van der Waals surface area contributed by atoms with Gasteiger partial charge in [0.05, 0.1) is 13.7 Å². The molecule has 1 heterocycles. The van der Waals surface area contributed by atoms with Crippen molar-refractivity contribution in [1.29, 1.82) is 0 Å². The minimum absolute atomic E-state index is 0.110. The number of nitrogens with zero attached hydrogens (tertiary/aromatic N) is 2. The molecule has 0 saturated carbocycles. The molecule has 136 valence electrons. The van der Waals surface area contributed by atoms with Gasteiger partial charge in [-0.2, -0.15) is 0 Å². The Labute approximate surface area is 150 Å². The number of rotatable bonds is 7. The summed E-state index contributed by atoms with van der Waals surface area (Å²) in [5.41, 5.74) is 0.662. The fourth-order valence-electron chi connectivity index (χ4n) is 2.00. The van der Waals surface area contributed by atoms with Gasteiger partial charge in [-0.15, -0.1) is 0 Å². The second-order valence-corrected chi connectivity index (χ2v) is 5.32.